The Morgan fingerprint density at radius 1 is 1.30 bits per heavy atom. The van der Waals surface area contributed by atoms with Crippen LogP contribution in [0.3, 0.4) is 0 Å². The highest BCUT2D eigenvalue weighted by atomic mass is 16.6. The van der Waals surface area contributed by atoms with Crippen LogP contribution >= 0.6 is 0 Å². The van der Waals surface area contributed by atoms with Gasteiger partial charge in [0, 0.05) is 24.0 Å². The highest BCUT2D eigenvalue weighted by Gasteiger charge is 2.17. The lowest BCUT2D eigenvalue weighted by Crippen LogP contribution is -2.10. The molecule has 1 aromatic carbocycles. The zero-order valence-electron chi connectivity index (χ0n) is 12.6. The molecule has 23 heavy (non-hydrogen) atoms. The van der Waals surface area contributed by atoms with Gasteiger partial charge in [0.05, 0.1) is 18.1 Å². The van der Waals surface area contributed by atoms with E-state index in [0.717, 1.165) is 11.5 Å². The molecular formula is C15H15N5O3. The Morgan fingerprint density at radius 3 is 2.87 bits per heavy atom. The van der Waals surface area contributed by atoms with Crippen LogP contribution in [0, 0.1) is 10.1 Å². The van der Waals surface area contributed by atoms with Crippen molar-refractivity contribution in [2.24, 2.45) is 0 Å². The SMILES string of the molecule is COc1cc(NC(C)c2nnc3ccccn23)ccc1[N+](=O)[O-]. The first-order valence-corrected chi connectivity index (χ1v) is 6.99. The van der Waals surface area contributed by atoms with Gasteiger partial charge in [0.1, 0.15) is 0 Å². The molecule has 0 aliphatic heterocycles. The average Bonchev–Trinajstić information content (AvgIpc) is 2.98. The number of methoxy groups -OCH3 is 1. The largest absolute Gasteiger partial charge is 0.490 e. The van der Waals surface area contributed by atoms with Crippen molar-refractivity contribution in [1.29, 1.82) is 0 Å². The average molecular weight is 313 g/mol. The molecule has 3 rings (SSSR count). The van der Waals surface area contributed by atoms with E-state index in [1.165, 1.54) is 13.2 Å². The minimum atomic E-state index is -0.474. The number of nitro benzene ring substituents is 1. The number of benzene rings is 1. The van der Waals surface area contributed by atoms with Gasteiger partial charge in [-0.25, -0.2) is 0 Å². The molecular weight excluding hydrogens is 298 g/mol. The number of pyridine rings is 1. The second-order valence-corrected chi connectivity index (χ2v) is 5.00. The highest BCUT2D eigenvalue weighted by molar-refractivity contribution is 5.58. The molecule has 8 nitrogen and oxygen atoms in total. The Kier molecular flexibility index (Phi) is 3.80. The summed E-state index contributed by atoms with van der Waals surface area (Å²) in [5.41, 5.74) is 1.39. The number of ether oxygens (including phenoxy) is 1. The summed E-state index contributed by atoms with van der Waals surface area (Å²) in [6.45, 7) is 1.94. The van der Waals surface area contributed by atoms with E-state index >= 15 is 0 Å². The van der Waals surface area contributed by atoms with Crippen LogP contribution < -0.4 is 10.1 Å². The standard InChI is InChI=1S/C15H15N5O3/c1-10(15-18-17-14-5-3-4-8-19(14)15)16-11-6-7-12(20(21)22)13(9-11)23-2/h3-10,16H,1-2H3. The van der Waals surface area contributed by atoms with Gasteiger partial charge in [0.2, 0.25) is 0 Å². The number of aromatic nitrogens is 3. The molecule has 1 N–H and O–H groups in total. The molecule has 0 bridgehead atoms. The van der Waals surface area contributed by atoms with Crippen molar-refractivity contribution in [2.45, 2.75) is 13.0 Å². The Bertz CT molecular complexity index is 861. The molecule has 0 aliphatic carbocycles. The van der Waals surface area contributed by atoms with Crippen LogP contribution in [0.1, 0.15) is 18.8 Å². The summed E-state index contributed by atoms with van der Waals surface area (Å²) >= 11 is 0. The van der Waals surface area contributed by atoms with Crippen molar-refractivity contribution >= 4 is 17.0 Å². The monoisotopic (exact) mass is 313 g/mol. The van der Waals surface area contributed by atoms with Crippen molar-refractivity contribution in [3.05, 3.63) is 58.5 Å². The number of hydrogen-bond donors (Lipinski definition) is 1. The molecule has 0 saturated heterocycles. The first kappa shape index (κ1) is 14.8. The van der Waals surface area contributed by atoms with Crippen LogP contribution in [0.5, 0.6) is 5.75 Å². The third-order valence-electron chi connectivity index (χ3n) is 3.49. The normalized spacial score (nSPS) is 12.1. The zero-order valence-corrected chi connectivity index (χ0v) is 12.6. The van der Waals surface area contributed by atoms with Gasteiger partial charge in [-0.1, -0.05) is 6.07 Å². The van der Waals surface area contributed by atoms with Gasteiger partial charge >= 0.3 is 5.69 Å². The van der Waals surface area contributed by atoms with Gasteiger partial charge in [0.25, 0.3) is 0 Å². The van der Waals surface area contributed by atoms with Gasteiger partial charge in [-0.2, -0.15) is 0 Å². The topological polar surface area (TPSA) is 94.6 Å². The van der Waals surface area contributed by atoms with E-state index in [4.69, 9.17) is 4.74 Å². The number of nitro groups is 1. The highest BCUT2D eigenvalue weighted by Crippen LogP contribution is 2.31. The number of anilines is 1. The second kappa shape index (κ2) is 5.91. The van der Waals surface area contributed by atoms with Gasteiger partial charge in [-0.15, -0.1) is 10.2 Å². The van der Waals surface area contributed by atoms with Crippen molar-refractivity contribution < 1.29 is 9.66 Å². The predicted octanol–water partition coefficient (Wildman–Crippen LogP) is 2.82. The van der Waals surface area contributed by atoms with Gasteiger partial charge in [-0.3, -0.25) is 14.5 Å². The number of hydrogen-bond acceptors (Lipinski definition) is 6. The first-order chi connectivity index (χ1) is 11.1. The maximum absolute atomic E-state index is 10.9. The zero-order chi connectivity index (χ0) is 16.4. The molecule has 0 spiro atoms. The summed E-state index contributed by atoms with van der Waals surface area (Å²) in [5, 5.41) is 22.5. The van der Waals surface area contributed by atoms with Crippen LogP contribution in [-0.4, -0.2) is 26.6 Å². The van der Waals surface area contributed by atoms with Crippen LogP contribution in [0.25, 0.3) is 5.65 Å². The molecule has 0 amide bonds. The van der Waals surface area contributed by atoms with Crippen molar-refractivity contribution in [1.82, 2.24) is 14.6 Å². The molecule has 1 atom stereocenters. The van der Waals surface area contributed by atoms with E-state index in [2.05, 4.69) is 15.5 Å². The molecule has 3 aromatic rings. The molecule has 0 aliphatic rings. The fourth-order valence-corrected chi connectivity index (χ4v) is 2.39. The molecule has 118 valence electrons. The fourth-order valence-electron chi connectivity index (χ4n) is 2.39. The lowest BCUT2D eigenvalue weighted by atomic mass is 10.2. The van der Waals surface area contributed by atoms with Crippen molar-refractivity contribution in [3.8, 4) is 5.75 Å². The molecule has 8 heteroatoms. The summed E-state index contributed by atoms with van der Waals surface area (Å²) in [6, 6.07) is 10.2. The number of nitrogens with one attached hydrogen (secondary N) is 1. The minimum Gasteiger partial charge on any atom is -0.490 e. The van der Waals surface area contributed by atoms with E-state index in [9.17, 15) is 10.1 Å². The van der Waals surface area contributed by atoms with Crippen LogP contribution in [0.15, 0.2) is 42.6 Å². The lowest BCUT2D eigenvalue weighted by Gasteiger charge is -2.14. The summed E-state index contributed by atoms with van der Waals surface area (Å²) in [5.74, 6) is 0.955. The number of fused-ring (bicyclic) bond motifs is 1. The van der Waals surface area contributed by atoms with Crippen molar-refractivity contribution in [2.75, 3.05) is 12.4 Å². The second-order valence-electron chi connectivity index (χ2n) is 5.00. The maximum Gasteiger partial charge on any atom is 0.311 e. The van der Waals surface area contributed by atoms with E-state index in [-0.39, 0.29) is 17.5 Å². The molecule has 1 unspecified atom stereocenters. The molecule has 0 saturated carbocycles. The molecule has 0 radical (unpaired) electrons. The summed E-state index contributed by atoms with van der Waals surface area (Å²) in [4.78, 5) is 10.5. The first-order valence-electron chi connectivity index (χ1n) is 6.99. The third-order valence-corrected chi connectivity index (χ3v) is 3.49. The minimum absolute atomic E-state index is 0.0707. The fraction of sp³-hybridized carbons (Fsp3) is 0.200. The molecule has 0 fully saturated rings. The van der Waals surface area contributed by atoms with Gasteiger partial charge in [0.15, 0.2) is 17.2 Å². The number of nitrogens with zero attached hydrogens (tertiary/aromatic N) is 4. The summed E-state index contributed by atoms with van der Waals surface area (Å²) in [7, 11) is 1.40. The quantitative estimate of drug-likeness (QED) is 0.575. The van der Waals surface area contributed by atoms with Crippen LogP contribution in [0.2, 0.25) is 0 Å². The van der Waals surface area contributed by atoms with Crippen molar-refractivity contribution in [3.63, 3.8) is 0 Å². The third kappa shape index (κ3) is 2.78. The Labute approximate surface area is 131 Å². The Hall–Kier alpha value is -3.16. The van der Waals surface area contributed by atoms with E-state index in [1.807, 2.05) is 35.7 Å². The van der Waals surface area contributed by atoms with E-state index in [0.29, 0.717) is 5.69 Å². The van der Waals surface area contributed by atoms with Crippen LogP contribution in [0.4, 0.5) is 11.4 Å². The van der Waals surface area contributed by atoms with Gasteiger partial charge in [-0.05, 0) is 25.1 Å². The predicted molar refractivity (Wildman–Crippen MR) is 84.7 cm³/mol. The Balaban J connectivity index is 1.88. The summed E-state index contributed by atoms with van der Waals surface area (Å²) in [6.07, 6.45) is 1.89. The Morgan fingerprint density at radius 2 is 2.13 bits per heavy atom. The van der Waals surface area contributed by atoms with Gasteiger partial charge < -0.3 is 10.1 Å². The maximum atomic E-state index is 10.9. The number of rotatable bonds is 5. The summed E-state index contributed by atoms with van der Waals surface area (Å²) < 4.78 is 6.96. The molecule has 2 heterocycles. The van der Waals surface area contributed by atoms with E-state index in [1.54, 1.807) is 12.1 Å². The van der Waals surface area contributed by atoms with E-state index < -0.39 is 4.92 Å². The lowest BCUT2D eigenvalue weighted by molar-refractivity contribution is -0.385. The molecule has 2 aromatic heterocycles. The smallest absolute Gasteiger partial charge is 0.311 e. The van der Waals surface area contributed by atoms with Crippen LogP contribution in [-0.2, 0) is 0 Å².